The molecular weight excluding hydrogens is 260 g/mol. The Morgan fingerprint density at radius 2 is 1.31 bits per heavy atom. The summed E-state index contributed by atoms with van der Waals surface area (Å²) in [5, 5.41) is 6.21. The average molecular weight is 277 g/mol. The summed E-state index contributed by atoms with van der Waals surface area (Å²) in [5.41, 5.74) is 0. The average Bonchev–Trinajstić information content (AvgIpc) is 2.10. The van der Waals surface area contributed by atoms with Crippen molar-refractivity contribution in [2.45, 2.75) is 18.9 Å². The first kappa shape index (κ1) is 16.2. The molecular formula is C6H17NO7P2. The van der Waals surface area contributed by atoms with Crippen molar-refractivity contribution in [3.8, 4) is 0 Å². The van der Waals surface area contributed by atoms with Gasteiger partial charge >= 0.3 is 15.2 Å². The van der Waals surface area contributed by atoms with Gasteiger partial charge in [0.15, 0.2) is 0 Å². The van der Waals surface area contributed by atoms with Gasteiger partial charge in [0.1, 0.15) is 0 Å². The van der Waals surface area contributed by atoms with E-state index < -0.39 is 26.8 Å². The molecule has 0 aliphatic carbocycles. The lowest BCUT2D eigenvalue weighted by Gasteiger charge is -2.33. The van der Waals surface area contributed by atoms with Gasteiger partial charge in [-0.1, -0.05) is 13.8 Å². The zero-order valence-corrected chi connectivity index (χ0v) is 10.8. The Kier molecular flexibility index (Phi) is 5.32. The predicted octanol–water partition coefficient (Wildman–Crippen LogP) is -0.670. The van der Waals surface area contributed by atoms with Gasteiger partial charge in [-0.3, -0.25) is 14.0 Å². The summed E-state index contributed by atoms with van der Waals surface area (Å²) in [6.07, 6.45) is 0. The van der Waals surface area contributed by atoms with Crippen molar-refractivity contribution in [2.75, 3.05) is 19.6 Å². The van der Waals surface area contributed by atoms with Crippen LogP contribution in [0.15, 0.2) is 0 Å². The molecule has 0 amide bonds. The Bertz CT molecular complexity index is 295. The molecule has 10 heteroatoms. The largest absolute Gasteiger partial charge is 0.370 e. The Hall–Kier alpha value is 0.220. The Morgan fingerprint density at radius 3 is 1.50 bits per heavy atom. The van der Waals surface area contributed by atoms with Crippen LogP contribution in [-0.2, 0) is 9.13 Å². The van der Waals surface area contributed by atoms with E-state index in [-0.39, 0.29) is 0 Å². The quantitative estimate of drug-likeness (QED) is 0.403. The van der Waals surface area contributed by atoms with Crippen molar-refractivity contribution in [1.29, 1.82) is 0 Å². The number of rotatable bonds is 6. The van der Waals surface area contributed by atoms with E-state index >= 15 is 0 Å². The third-order valence-corrected chi connectivity index (χ3v) is 5.98. The van der Waals surface area contributed by atoms with E-state index in [1.54, 1.807) is 13.8 Å². The van der Waals surface area contributed by atoms with Crippen LogP contribution in [-0.4, -0.2) is 54.3 Å². The van der Waals surface area contributed by atoms with Crippen LogP contribution in [0.3, 0.4) is 0 Å². The lowest BCUT2D eigenvalue weighted by Crippen LogP contribution is -2.42. The van der Waals surface area contributed by atoms with Crippen LogP contribution in [0.2, 0.25) is 0 Å². The summed E-state index contributed by atoms with van der Waals surface area (Å²) < 4.78 is 22.0. The molecule has 5 N–H and O–H groups in total. The van der Waals surface area contributed by atoms with Crippen molar-refractivity contribution in [3.05, 3.63) is 0 Å². The van der Waals surface area contributed by atoms with Crippen molar-refractivity contribution >= 4 is 15.2 Å². The summed E-state index contributed by atoms with van der Waals surface area (Å²) in [6, 6.07) is 0. The summed E-state index contributed by atoms with van der Waals surface area (Å²) in [6.45, 7) is 3.11. The zero-order chi connectivity index (χ0) is 13.2. The number of hydrogen-bond donors (Lipinski definition) is 5. The standard InChI is InChI=1S/C6H17NO7P2/c1-3-7(4-2)5-6(8,15(9,10)11)16(12,13)14/h8H,3-5H2,1-2H3,(H2,9,10,11)(H2,12,13,14). The maximum Gasteiger partial charge on any atom is 0.370 e. The Balaban J connectivity index is 5.29. The van der Waals surface area contributed by atoms with E-state index in [4.69, 9.17) is 19.6 Å². The molecule has 0 unspecified atom stereocenters. The van der Waals surface area contributed by atoms with Gasteiger partial charge in [0.05, 0.1) is 6.54 Å². The van der Waals surface area contributed by atoms with Crippen LogP contribution in [0, 0.1) is 0 Å². The topological polar surface area (TPSA) is 139 Å². The lowest BCUT2D eigenvalue weighted by atomic mass is 10.5. The van der Waals surface area contributed by atoms with Crippen LogP contribution in [0.25, 0.3) is 0 Å². The number of hydrogen-bond acceptors (Lipinski definition) is 4. The van der Waals surface area contributed by atoms with Gasteiger partial charge in [0.25, 0.3) is 5.08 Å². The molecule has 0 heterocycles. The van der Waals surface area contributed by atoms with Crippen molar-refractivity contribution in [2.24, 2.45) is 0 Å². The van der Waals surface area contributed by atoms with Gasteiger partial charge in [0.2, 0.25) is 0 Å². The summed E-state index contributed by atoms with van der Waals surface area (Å²) in [4.78, 5) is 36.7. The highest BCUT2D eigenvalue weighted by Gasteiger charge is 2.59. The minimum absolute atomic E-state index is 0.304. The molecule has 0 atom stereocenters. The van der Waals surface area contributed by atoms with Gasteiger partial charge in [-0.25, -0.2) is 0 Å². The Morgan fingerprint density at radius 1 is 1.00 bits per heavy atom. The third-order valence-electron chi connectivity index (χ3n) is 2.26. The first-order chi connectivity index (χ1) is 6.99. The molecule has 0 aromatic rings. The number of aliphatic hydroxyl groups is 1. The SMILES string of the molecule is CCN(CC)CC(O)(P(=O)(O)O)P(=O)(O)O. The molecule has 0 radical (unpaired) electrons. The fourth-order valence-electron chi connectivity index (χ4n) is 1.10. The highest BCUT2D eigenvalue weighted by molar-refractivity contribution is 7.72. The van der Waals surface area contributed by atoms with Crippen LogP contribution in [0.1, 0.15) is 13.8 Å². The summed E-state index contributed by atoms with van der Waals surface area (Å²) in [7, 11) is -10.7. The molecule has 0 aromatic heterocycles. The maximum absolute atomic E-state index is 11.0. The monoisotopic (exact) mass is 277 g/mol. The van der Waals surface area contributed by atoms with Crippen LogP contribution < -0.4 is 0 Å². The molecule has 0 aliphatic heterocycles. The van der Waals surface area contributed by atoms with Gasteiger partial charge in [-0.2, -0.15) is 0 Å². The molecule has 8 nitrogen and oxygen atoms in total. The van der Waals surface area contributed by atoms with Crippen LogP contribution in [0.5, 0.6) is 0 Å². The van der Waals surface area contributed by atoms with Crippen molar-refractivity contribution in [1.82, 2.24) is 4.90 Å². The van der Waals surface area contributed by atoms with Crippen molar-refractivity contribution < 1.29 is 33.8 Å². The van der Waals surface area contributed by atoms with E-state index in [1.165, 1.54) is 4.90 Å². The van der Waals surface area contributed by atoms with E-state index in [0.717, 1.165) is 0 Å². The lowest BCUT2D eigenvalue weighted by molar-refractivity contribution is 0.0908. The molecule has 0 saturated heterocycles. The summed E-state index contributed by atoms with van der Waals surface area (Å²) in [5.74, 6) is 0. The van der Waals surface area contributed by atoms with Gasteiger partial charge in [-0.05, 0) is 13.1 Å². The normalized spacial score (nSPS) is 14.5. The fraction of sp³-hybridized carbons (Fsp3) is 1.00. The number of likely N-dealkylation sites (N-methyl/N-ethyl adjacent to an activating group) is 1. The van der Waals surface area contributed by atoms with Gasteiger partial charge in [0, 0.05) is 0 Å². The third kappa shape index (κ3) is 3.35. The highest BCUT2D eigenvalue weighted by atomic mass is 31.2. The molecule has 0 bridgehead atoms. The first-order valence-electron chi connectivity index (χ1n) is 4.55. The van der Waals surface area contributed by atoms with Gasteiger partial charge < -0.3 is 24.7 Å². The van der Waals surface area contributed by atoms with E-state index in [0.29, 0.717) is 13.1 Å². The van der Waals surface area contributed by atoms with Crippen molar-refractivity contribution in [3.63, 3.8) is 0 Å². The molecule has 0 fully saturated rings. The molecule has 0 aliphatic rings. The Labute approximate surface area is 93.2 Å². The highest BCUT2D eigenvalue weighted by Crippen LogP contribution is 2.67. The minimum Gasteiger partial charge on any atom is -0.367 e. The van der Waals surface area contributed by atoms with Crippen LogP contribution in [0.4, 0.5) is 0 Å². The zero-order valence-electron chi connectivity index (χ0n) is 9.02. The first-order valence-corrected chi connectivity index (χ1v) is 7.78. The maximum atomic E-state index is 11.0. The second-order valence-corrected chi connectivity index (χ2v) is 7.33. The second-order valence-electron chi connectivity index (χ2n) is 3.32. The molecule has 0 saturated carbocycles. The minimum atomic E-state index is -5.34. The summed E-state index contributed by atoms with van der Waals surface area (Å²) >= 11 is 0. The molecule has 0 aromatic carbocycles. The fourth-order valence-corrected chi connectivity index (χ4v) is 3.23. The smallest absolute Gasteiger partial charge is 0.367 e. The van der Waals surface area contributed by atoms with E-state index in [9.17, 15) is 14.2 Å². The van der Waals surface area contributed by atoms with E-state index in [2.05, 4.69) is 0 Å². The molecule has 0 spiro atoms. The van der Waals surface area contributed by atoms with Gasteiger partial charge in [-0.15, -0.1) is 0 Å². The van der Waals surface area contributed by atoms with E-state index in [1.807, 2.05) is 0 Å². The molecule has 0 rings (SSSR count). The predicted molar refractivity (Wildman–Crippen MR) is 56.8 cm³/mol. The number of nitrogens with zero attached hydrogens (tertiary/aromatic N) is 1. The second kappa shape index (κ2) is 5.25. The molecule has 16 heavy (non-hydrogen) atoms. The molecule has 98 valence electrons. The van der Waals surface area contributed by atoms with Crippen LogP contribution >= 0.6 is 15.2 Å².